The van der Waals surface area contributed by atoms with E-state index in [9.17, 15) is 4.79 Å². The Morgan fingerprint density at radius 2 is 1.93 bits per heavy atom. The number of hydrogen-bond acceptors (Lipinski definition) is 4. The number of hydrogen-bond donors (Lipinski definition) is 1. The van der Waals surface area contributed by atoms with E-state index >= 15 is 0 Å². The van der Waals surface area contributed by atoms with Crippen molar-refractivity contribution in [3.8, 4) is 11.5 Å². The Labute approximate surface area is 174 Å². The smallest absolute Gasteiger partial charge is 0.234 e. The fraction of sp³-hybridized carbons (Fsp3) is 0.458. The molecule has 0 saturated carbocycles. The third-order valence-electron chi connectivity index (χ3n) is 5.92. The van der Waals surface area contributed by atoms with Crippen LogP contribution in [0.3, 0.4) is 0 Å². The van der Waals surface area contributed by atoms with Crippen LogP contribution in [-0.4, -0.2) is 38.1 Å². The average Bonchev–Trinajstić information content (AvgIpc) is 3.16. The molecule has 3 rings (SSSR count). The maximum Gasteiger partial charge on any atom is 0.234 e. The topological polar surface area (TPSA) is 50.8 Å². The molecule has 29 heavy (non-hydrogen) atoms. The lowest BCUT2D eigenvalue weighted by Crippen LogP contribution is -2.38. The van der Waals surface area contributed by atoms with Gasteiger partial charge in [-0.1, -0.05) is 24.3 Å². The molecule has 5 nitrogen and oxygen atoms in total. The van der Waals surface area contributed by atoms with Crippen molar-refractivity contribution < 1.29 is 14.3 Å². The van der Waals surface area contributed by atoms with E-state index in [1.807, 2.05) is 19.1 Å². The lowest BCUT2D eigenvalue weighted by molar-refractivity contribution is -0.123. The van der Waals surface area contributed by atoms with E-state index in [-0.39, 0.29) is 18.0 Å². The van der Waals surface area contributed by atoms with Crippen LogP contribution >= 0.6 is 0 Å². The first kappa shape index (κ1) is 21.2. The van der Waals surface area contributed by atoms with E-state index < -0.39 is 0 Å². The van der Waals surface area contributed by atoms with Crippen LogP contribution in [0.1, 0.15) is 54.1 Å². The van der Waals surface area contributed by atoms with E-state index in [4.69, 9.17) is 9.47 Å². The van der Waals surface area contributed by atoms with Crippen molar-refractivity contribution in [3.63, 3.8) is 0 Å². The number of likely N-dealkylation sites (tertiary alicyclic amines) is 1. The van der Waals surface area contributed by atoms with Gasteiger partial charge in [-0.15, -0.1) is 0 Å². The van der Waals surface area contributed by atoms with Gasteiger partial charge in [-0.2, -0.15) is 0 Å². The van der Waals surface area contributed by atoms with E-state index in [0.717, 1.165) is 42.0 Å². The molecule has 0 bridgehead atoms. The molecule has 0 unspecified atom stereocenters. The molecule has 0 radical (unpaired) electrons. The van der Waals surface area contributed by atoms with Crippen molar-refractivity contribution in [2.45, 2.75) is 45.7 Å². The normalized spacial score (nSPS) is 17.8. The molecule has 1 aliphatic heterocycles. The molecule has 1 heterocycles. The number of rotatable bonds is 7. The van der Waals surface area contributed by atoms with E-state index in [2.05, 4.69) is 48.3 Å². The van der Waals surface area contributed by atoms with E-state index in [1.54, 1.807) is 14.2 Å². The summed E-state index contributed by atoms with van der Waals surface area (Å²) in [5.74, 6) is 1.63. The van der Waals surface area contributed by atoms with Crippen molar-refractivity contribution in [1.29, 1.82) is 0 Å². The zero-order valence-electron chi connectivity index (χ0n) is 18.1. The van der Waals surface area contributed by atoms with Gasteiger partial charge in [-0.05, 0) is 62.9 Å². The molecule has 5 heteroatoms. The molecular weight excluding hydrogens is 364 g/mol. The van der Waals surface area contributed by atoms with Crippen LogP contribution in [0.4, 0.5) is 0 Å². The van der Waals surface area contributed by atoms with Crippen molar-refractivity contribution in [3.05, 3.63) is 58.7 Å². The van der Waals surface area contributed by atoms with Gasteiger partial charge in [0.05, 0.1) is 26.8 Å². The second kappa shape index (κ2) is 9.31. The average molecular weight is 397 g/mol. The number of carbonyl (C=O) groups is 1. The highest BCUT2D eigenvalue weighted by atomic mass is 16.5. The molecule has 2 atom stereocenters. The number of nitrogens with zero attached hydrogens (tertiary/aromatic N) is 1. The van der Waals surface area contributed by atoms with Crippen LogP contribution in [0, 0.1) is 13.8 Å². The Morgan fingerprint density at radius 1 is 1.14 bits per heavy atom. The second-order valence-electron chi connectivity index (χ2n) is 7.87. The van der Waals surface area contributed by atoms with Crippen LogP contribution in [0.25, 0.3) is 0 Å². The molecule has 1 aliphatic rings. The van der Waals surface area contributed by atoms with Gasteiger partial charge >= 0.3 is 0 Å². The highest BCUT2D eigenvalue weighted by Crippen LogP contribution is 2.38. The molecule has 2 aromatic rings. The fourth-order valence-corrected chi connectivity index (χ4v) is 4.05. The molecular formula is C24H32N2O3. The van der Waals surface area contributed by atoms with Gasteiger partial charge in [-0.3, -0.25) is 9.69 Å². The number of methoxy groups -OCH3 is 2. The number of ether oxygens (including phenoxy) is 2. The van der Waals surface area contributed by atoms with Crippen molar-refractivity contribution in [2.24, 2.45) is 0 Å². The lowest BCUT2D eigenvalue weighted by atomic mass is 10.0. The van der Waals surface area contributed by atoms with Crippen molar-refractivity contribution in [2.75, 3.05) is 27.3 Å². The minimum Gasteiger partial charge on any atom is -0.497 e. The van der Waals surface area contributed by atoms with Gasteiger partial charge in [0.1, 0.15) is 11.5 Å². The van der Waals surface area contributed by atoms with Crippen LogP contribution in [0.2, 0.25) is 0 Å². The summed E-state index contributed by atoms with van der Waals surface area (Å²) in [4.78, 5) is 15.0. The number of benzene rings is 2. The van der Waals surface area contributed by atoms with Crippen LogP contribution in [0.15, 0.2) is 36.4 Å². The predicted molar refractivity (Wildman–Crippen MR) is 116 cm³/mol. The Bertz CT molecular complexity index is 865. The Kier molecular flexibility index (Phi) is 6.80. The summed E-state index contributed by atoms with van der Waals surface area (Å²) in [6, 6.07) is 12.4. The van der Waals surface area contributed by atoms with Crippen LogP contribution in [0.5, 0.6) is 11.5 Å². The minimum absolute atomic E-state index is 0.0154. The maximum atomic E-state index is 12.8. The number of carbonyl (C=O) groups excluding carboxylic acids is 1. The Morgan fingerprint density at radius 3 is 2.62 bits per heavy atom. The largest absolute Gasteiger partial charge is 0.497 e. The summed E-state index contributed by atoms with van der Waals surface area (Å²) in [6.45, 7) is 7.53. The van der Waals surface area contributed by atoms with Gasteiger partial charge in [0.25, 0.3) is 0 Å². The zero-order chi connectivity index (χ0) is 21.0. The maximum absolute atomic E-state index is 12.8. The summed E-state index contributed by atoms with van der Waals surface area (Å²) < 4.78 is 10.9. The minimum atomic E-state index is -0.0154. The Hall–Kier alpha value is -2.53. The van der Waals surface area contributed by atoms with Gasteiger partial charge < -0.3 is 14.8 Å². The van der Waals surface area contributed by atoms with Gasteiger partial charge in [0.15, 0.2) is 0 Å². The van der Waals surface area contributed by atoms with E-state index in [1.165, 1.54) is 11.1 Å². The number of nitrogens with one attached hydrogen (secondary N) is 1. The van der Waals surface area contributed by atoms with Gasteiger partial charge in [-0.25, -0.2) is 0 Å². The molecule has 1 amide bonds. The molecule has 0 aromatic heterocycles. The Balaban J connectivity index is 1.67. The van der Waals surface area contributed by atoms with Crippen molar-refractivity contribution >= 4 is 5.91 Å². The first-order valence-corrected chi connectivity index (χ1v) is 10.3. The molecule has 156 valence electrons. The second-order valence-corrected chi connectivity index (χ2v) is 7.87. The number of aryl methyl sites for hydroxylation is 2. The first-order chi connectivity index (χ1) is 13.9. The van der Waals surface area contributed by atoms with Crippen LogP contribution in [-0.2, 0) is 4.79 Å². The summed E-state index contributed by atoms with van der Waals surface area (Å²) >= 11 is 0. The predicted octanol–water partition coefficient (Wildman–Crippen LogP) is 4.33. The summed E-state index contributed by atoms with van der Waals surface area (Å²) in [5, 5.41) is 3.16. The lowest BCUT2D eigenvalue weighted by Gasteiger charge is -2.26. The molecule has 2 aromatic carbocycles. The molecule has 1 N–H and O–H groups in total. The first-order valence-electron chi connectivity index (χ1n) is 10.3. The molecule has 0 aliphatic carbocycles. The van der Waals surface area contributed by atoms with Gasteiger partial charge in [0, 0.05) is 17.7 Å². The van der Waals surface area contributed by atoms with Crippen molar-refractivity contribution in [1.82, 2.24) is 10.2 Å². The monoisotopic (exact) mass is 396 g/mol. The number of amides is 1. The zero-order valence-corrected chi connectivity index (χ0v) is 18.1. The fourth-order valence-electron chi connectivity index (χ4n) is 4.05. The van der Waals surface area contributed by atoms with Gasteiger partial charge in [0.2, 0.25) is 5.91 Å². The molecule has 0 spiro atoms. The third-order valence-corrected chi connectivity index (χ3v) is 5.92. The van der Waals surface area contributed by atoms with E-state index in [0.29, 0.717) is 6.54 Å². The van der Waals surface area contributed by atoms with Crippen LogP contribution < -0.4 is 14.8 Å². The quantitative estimate of drug-likeness (QED) is 0.757. The highest BCUT2D eigenvalue weighted by molar-refractivity contribution is 5.78. The summed E-state index contributed by atoms with van der Waals surface area (Å²) in [6.07, 6.45) is 2.09. The highest BCUT2D eigenvalue weighted by Gasteiger charge is 2.30. The molecule has 1 saturated heterocycles. The standard InChI is InChI=1S/C24H32N2O3/c1-16-8-9-19(13-17(16)2)18(3)25-24(27)15-26-12-6-7-22(26)21-11-10-20(28-4)14-23(21)29-5/h8-11,13-14,18,22H,6-7,12,15H2,1-5H3,(H,25,27)/t18-,22+/m1/s1. The summed E-state index contributed by atoms with van der Waals surface area (Å²) in [7, 11) is 3.33. The third kappa shape index (κ3) is 4.91. The SMILES string of the molecule is COc1ccc([C@@H]2CCCN2CC(=O)N[C@H](C)c2ccc(C)c(C)c2)c(OC)c1. The summed E-state index contributed by atoms with van der Waals surface area (Å²) in [5.41, 5.74) is 4.76. The molecule has 1 fully saturated rings.